The van der Waals surface area contributed by atoms with Crippen LogP contribution < -0.4 is 5.32 Å². The molecule has 110 valence electrons. The van der Waals surface area contributed by atoms with Crippen molar-refractivity contribution in [2.75, 3.05) is 0 Å². The maximum Gasteiger partial charge on any atom is 0.261 e. The number of nitrogens with one attached hydrogen (secondary N) is 1. The summed E-state index contributed by atoms with van der Waals surface area (Å²) in [6.07, 6.45) is 3.41. The normalized spacial score (nSPS) is 16.8. The van der Waals surface area contributed by atoms with Gasteiger partial charge in [0.05, 0.1) is 10.5 Å². The van der Waals surface area contributed by atoms with Crippen molar-refractivity contribution >= 4 is 41.6 Å². The van der Waals surface area contributed by atoms with E-state index in [2.05, 4.69) is 21.2 Å². The molecule has 1 fully saturated rings. The topological polar surface area (TPSA) is 63.2 Å². The maximum absolute atomic E-state index is 12.2. The minimum atomic E-state index is -3.84. The summed E-state index contributed by atoms with van der Waals surface area (Å²) in [5, 5.41) is 2.88. The Morgan fingerprint density at radius 2 is 2.15 bits per heavy atom. The largest absolute Gasteiger partial charge is 0.350 e. The molecule has 0 radical (unpaired) electrons. The summed E-state index contributed by atoms with van der Waals surface area (Å²) in [6.45, 7) is 1.95. The maximum atomic E-state index is 12.2. The molecule has 1 atom stereocenters. The van der Waals surface area contributed by atoms with Crippen LogP contribution >= 0.6 is 26.6 Å². The van der Waals surface area contributed by atoms with E-state index >= 15 is 0 Å². The third-order valence-corrected chi connectivity index (χ3v) is 5.27. The van der Waals surface area contributed by atoms with E-state index in [0.29, 0.717) is 10.4 Å². The van der Waals surface area contributed by atoms with Gasteiger partial charge >= 0.3 is 0 Å². The van der Waals surface area contributed by atoms with E-state index in [1.807, 2.05) is 6.92 Å². The first-order valence-corrected chi connectivity index (χ1v) is 9.42. The number of hydrogen-bond acceptors (Lipinski definition) is 3. The molecule has 0 heterocycles. The van der Waals surface area contributed by atoms with Crippen LogP contribution in [0.2, 0.25) is 0 Å². The summed E-state index contributed by atoms with van der Waals surface area (Å²) in [7, 11) is 1.45. The summed E-state index contributed by atoms with van der Waals surface area (Å²) in [5.41, 5.74) is 0.273. The summed E-state index contributed by atoms with van der Waals surface area (Å²) < 4.78 is 23.2. The van der Waals surface area contributed by atoms with E-state index in [0.717, 1.165) is 6.42 Å². The Bertz CT molecular complexity index is 629. The lowest BCUT2D eigenvalue weighted by atomic mass is 10.1. The van der Waals surface area contributed by atoms with Gasteiger partial charge in [-0.25, -0.2) is 8.42 Å². The molecule has 1 amide bonds. The van der Waals surface area contributed by atoms with E-state index in [4.69, 9.17) is 10.7 Å². The number of amides is 1. The lowest BCUT2D eigenvalue weighted by molar-refractivity contribution is 0.0936. The molecular weight excluding hydrogens is 366 g/mol. The fourth-order valence-electron chi connectivity index (χ4n) is 2.04. The van der Waals surface area contributed by atoms with Gasteiger partial charge in [0.1, 0.15) is 0 Å². The van der Waals surface area contributed by atoms with Crippen molar-refractivity contribution < 1.29 is 13.2 Å². The summed E-state index contributed by atoms with van der Waals surface area (Å²) in [4.78, 5) is 12.1. The molecule has 1 aromatic rings. The molecule has 1 saturated carbocycles. The standard InChI is InChI=1S/C13H15BrClNO3S/c1-8(6-9-2-3-9)16-13(17)11-7-10(20(15,18)19)4-5-12(11)14/h4-5,7-9H,2-3,6H2,1H3,(H,16,17). The smallest absolute Gasteiger partial charge is 0.261 e. The van der Waals surface area contributed by atoms with Gasteiger partial charge in [0.2, 0.25) is 0 Å². The van der Waals surface area contributed by atoms with Gasteiger partial charge in [0.15, 0.2) is 0 Å². The summed E-state index contributed by atoms with van der Waals surface area (Å²) >= 11 is 3.25. The molecule has 1 aliphatic carbocycles. The first-order valence-electron chi connectivity index (χ1n) is 6.32. The molecule has 1 N–H and O–H groups in total. The third kappa shape index (κ3) is 4.20. The zero-order valence-corrected chi connectivity index (χ0v) is 14.1. The predicted octanol–water partition coefficient (Wildman–Crippen LogP) is 3.30. The van der Waals surface area contributed by atoms with E-state index in [-0.39, 0.29) is 22.4 Å². The second kappa shape index (κ2) is 6.03. The fourth-order valence-corrected chi connectivity index (χ4v) is 3.25. The SMILES string of the molecule is CC(CC1CC1)NC(=O)c1cc(S(=O)(=O)Cl)ccc1Br. The van der Waals surface area contributed by atoms with Crippen LogP contribution in [0.3, 0.4) is 0 Å². The number of benzene rings is 1. The second-order valence-corrected chi connectivity index (χ2v) is 8.55. The van der Waals surface area contributed by atoms with Gasteiger partial charge in [-0.3, -0.25) is 4.79 Å². The molecule has 1 aromatic carbocycles. The highest BCUT2D eigenvalue weighted by Gasteiger charge is 2.25. The van der Waals surface area contributed by atoms with Crippen LogP contribution in [0.15, 0.2) is 27.6 Å². The molecule has 20 heavy (non-hydrogen) atoms. The molecule has 1 unspecified atom stereocenters. The first kappa shape index (κ1) is 15.8. The summed E-state index contributed by atoms with van der Waals surface area (Å²) in [5.74, 6) is 0.412. The highest BCUT2D eigenvalue weighted by Crippen LogP contribution is 2.33. The highest BCUT2D eigenvalue weighted by molar-refractivity contribution is 9.10. The fraction of sp³-hybridized carbons (Fsp3) is 0.462. The van der Waals surface area contributed by atoms with Crippen LogP contribution in [0.5, 0.6) is 0 Å². The average Bonchev–Trinajstić information content (AvgIpc) is 3.11. The van der Waals surface area contributed by atoms with Gasteiger partial charge in [-0.05, 0) is 53.4 Å². The zero-order valence-electron chi connectivity index (χ0n) is 10.9. The second-order valence-electron chi connectivity index (χ2n) is 5.13. The van der Waals surface area contributed by atoms with Gasteiger partial charge < -0.3 is 5.32 Å². The average molecular weight is 381 g/mol. The van der Waals surface area contributed by atoms with Crippen molar-refractivity contribution in [1.82, 2.24) is 5.32 Å². The van der Waals surface area contributed by atoms with Gasteiger partial charge in [0.25, 0.3) is 15.0 Å². The highest BCUT2D eigenvalue weighted by atomic mass is 79.9. The van der Waals surface area contributed by atoms with Crippen molar-refractivity contribution in [3.63, 3.8) is 0 Å². The van der Waals surface area contributed by atoms with Crippen LogP contribution in [0.1, 0.15) is 36.5 Å². The molecule has 2 rings (SSSR count). The molecule has 0 aliphatic heterocycles. The predicted molar refractivity (Wildman–Crippen MR) is 81.5 cm³/mol. The molecule has 1 aliphatic rings. The summed E-state index contributed by atoms with van der Waals surface area (Å²) in [6, 6.07) is 4.22. The van der Waals surface area contributed by atoms with Gasteiger partial charge in [-0.15, -0.1) is 0 Å². The van der Waals surface area contributed by atoms with Crippen LogP contribution in [0.4, 0.5) is 0 Å². The van der Waals surface area contributed by atoms with Gasteiger partial charge in [-0.1, -0.05) is 12.8 Å². The molecular formula is C13H15BrClNO3S. The lowest BCUT2D eigenvalue weighted by Gasteiger charge is -2.14. The number of halogens is 2. The molecule has 0 spiro atoms. The number of carbonyl (C=O) groups excluding carboxylic acids is 1. The minimum absolute atomic E-state index is 0.0677. The van der Waals surface area contributed by atoms with E-state index in [1.165, 1.54) is 31.0 Å². The number of rotatable bonds is 5. The van der Waals surface area contributed by atoms with Crippen molar-refractivity contribution in [2.45, 2.75) is 37.1 Å². The monoisotopic (exact) mass is 379 g/mol. The minimum Gasteiger partial charge on any atom is -0.350 e. The quantitative estimate of drug-likeness (QED) is 0.797. The molecule has 4 nitrogen and oxygen atoms in total. The number of hydrogen-bond donors (Lipinski definition) is 1. The van der Waals surface area contributed by atoms with Crippen LogP contribution in [0.25, 0.3) is 0 Å². The van der Waals surface area contributed by atoms with Gasteiger partial charge in [0, 0.05) is 21.2 Å². The van der Waals surface area contributed by atoms with E-state index in [1.54, 1.807) is 0 Å². The van der Waals surface area contributed by atoms with E-state index < -0.39 is 9.05 Å². The van der Waals surface area contributed by atoms with Crippen molar-refractivity contribution in [2.24, 2.45) is 5.92 Å². The zero-order chi connectivity index (χ0) is 14.9. The van der Waals surface area contributed by atoms with E-state index in [9.17, 15) is 13.2 Å². The number of carbonyl (C=O) groups is 1. The molecule has 0 bridgehead atoms. The molecule has 0 aromatic heterocycles. The first-order chi connectivity index (χ1) is 9.27. The Hall–Kier alpha value is -0.590. The lowest BCUT2D eigenvalue weighted by Crippen LogP contribution is -2.33. The van der Waals surface area contributed by atoms with Crippen LogP contribution in [-0.2, 0) is 9.05 Å². The van der Waals surface area contributed by atoms with Crippen molar-refractivity contribution in [3.05, 3.63) is 28.2 Å². The van der Waals surface area contributed by atoms with Crippen LogP contribution in [-0.4, -0.2) is 20.4 Å². The third-order valence-electron chi connectivity index (χ3n) is 3.23. The van der Waals surface area contributed by atoms with Crippen LogP contribution in [0, 0.1) is 5.92 Å². The van der Waals surface area contributed by atoms with Crippen molar-refractivity contribution in [1.29, 1.82) is 0 Å². The Balaban J connectivity index is 2.15. The van der Waals surface area contributed by atoms with Crippen molar-refractivity contribution in [3.8, 4) is 0 Å². The molecule has 0 saturated heterocycles. The Morgan fingerprint density at radius 3 is 2.70 bits per heavy atom. The Morgan fingerprint density at radius 1 is 1.50 bits per heavy atom. The Labute approximate surface area is 131 Å². The Kier molecular flexibility index (Phi) is 4.76. The van der Waals surface area contributed by atoms with Gasteiger partial charge in [-0.2, -0.15) is 0 Å². The molecule has 7 heteroatoms.